The molecule has 0 bridgehead atoms. The normalized spacial score (nSPS) is 10.2. The van der Waals surface area contributed by atoms with Crippen LogP contribution in [0.3, 0.4) is 0 Å². The highest BCUT2D eigenvalue weighted by Crippen LogP contribution is 2.14. The molecular formula is C15H14F2N2O2. The number of halogens is 2. The van der Waals surface area contributed by atoms with E-state index in [9.17, 15) is 13.6 Å². The highest BCUT2D eigenvalue weighted by Gasteiger charge is 2.06. The zero-order chi connectivity index (χ0) is 15.2. The van der Waals surface area contributed by atoms with E-state index >= 15 is 0 Å². The van der Waals surface area contributed by atoms with Crippen molar-refractivity contribution in [3.63, 3.8) is 0 Å². The molecule has 0 saturated carbocycles. The summed E-state index contributed by atoms with van der Waals surface area (Å²) in [7, 11) is 0. The van der Waals surface area contributed by atoms with Gasteiger partial charge in [0, 0.05) is 18.3 Å². The van der Waals surface area contributed by atoms with Crippen molar-refractivity contribution in [1.29, 1.82) is 0 Å². The lowest BCUT2D eigenvalue weighted by Gasteiger charge is -2.08. The second-order valence-corrected chi connectivity index (χ2v) is 4.35. The van der Waals surface area contributed by atoms with Crippen LogP contribution in [0.15, 0.2) is 42.5 Å². The monoisotopic (exact) mass is 292 g/mol. The molecule has 0 unspecified atom stereocenters. The standard InChI is InChI=1S/C15H14F2N2O2/c16-11-5-12(17)7-13(6-11)19-15(20)9-21-14-3-1-2-10(4-14)8-18/h1-7H,8-9,18H2,(H,19,20). The van der Waals surface area contributed by atoms with E-state index in [4.69, 9.17) is 10.5 Å². The Kier molecular flexibility index (Phi) is 4.84. The summed E-state index contributed by atoms with van der Waals surface area (Å²) < 4.78 is 31.2. The zero-order valence-electron chi connectivity index (χ0n) is 11.1. The van der Waals surface area contributed by atoms with Crippen LogP contribution in [0.1, 0.15) is 5.56 Å². The fraction of sp³-hybridized carbons (Fsp3) is 0.133. The van der Waals surface area contributed by atoms with E-state index in [1.807, 2.05) is 6.07 Å². The maximum Gasteiger partial charge on any atom is 0.262 e. The number of anilines is 1. The fourth-order valence-corrected chi connectivity index (χ4v) is 1.73. The Morgan fingerprint density at radius 2 is 1.86 bits per heavy atom. The van der Waals surface area contributed by atoms with Crippen molar-refractivity contribution >= 4 is 11.6 Å². The van der Waals surface area contributed by atoms with Crippen molar-refractivity contribution < 1.29 is 18.3 Å². The van der Waals surface area contributed by atoms with Crippen LogP contribution in [0.2, 0.25) is 0 Å². The number of ether oxygens (including phenoxy) is 1. The highest BCUT2D eigenvalue weighted by atomic mass is 19.1. The Labute approximate surface area is 120 Å². The van der Waals surface area contributed by atoms with Gasteiger partial charge in [-0.3, -0.25) is 4.79 Å². The van der Waals surface area contributed by atoms with Crippen molar-refractivity contribution in [2.75, 3.05) is 11.9 Å². The molecule has 4 nitrogen and oxygen atoms in total. The molecule has 2 rings (SSSR count). The molecular weight excluding hydrogens is 278 g/mol. The minimum Gasteiger partial charge on any atom is -0.484 e. The SMILES string of the molecule is NCc1cccc(OCC(=O)Nc2cc(F)cc(F)c2)c1. The number of nitrogens with one attached hydrogen (secondary N) is 1. The summed E-state index contributed by atoms with van der Waals surface area (Å²) in [5, 5.41) is 2.35. The first-order chi connectivity index (χ1) is 10.1. The lowest BCUT2D eigenvalue weighted by atomic mass is 10.2. The van der Waals surface area contributed by atoms with Crippen LogP contribution in [-0.4, -0.2) is 12.5 Å². The molecule has 2 aromatic rings. The first kappa shape index (κ1) is 14.9. The number of carbonyl (C=O) groups is 1. The number of benzene rings is 2. The third-order valence-corrected chi connectivity index (χ3v) is 2.65. The van der Waals surface area contributed by atoms with Crippen molar-refractivity contribution in [2.45, 2.75) is 6.54 Å². The van der Waals surface area contributed by atoms with E-state index in [1.54, 1.807) is 18.2 Å². The van der Waals surface area contributed by atoms with Crippen LogP contribution in [0.25, 0.3) is 0 Å². The average molecular weight is 292 g/mol. The molecule has 3 N–H and O–H groups in total. The lowest BCUT2D eigenvalue weighted by molar-refractivity contribution is -0.118. The van der Waals surface area contributed by atoms with Gasteiger partial charge in [0.15, 0.2) is 6.61 Å². The number of rotatable bonds is 5. The number of nitrogens with two attached hydrogens (primary N) is 1. The highest BCUT2D eigenvalue weighted by molar-refractivity contribution is 5.91. The number of hydrogen-bond donors (Lipinski definition) is 2. The summed E-state index contributed by atoms with van der Waals surface area (Å²) in [6.45, 7) is 0.0954. The maximum atomic E-state index is 13.0. The van der Waals surface area contributed by atoms with Crippen molar-refractivity contribution in [3.8, 4) is 5.75 Å². The van der Waals surface area contributed by atoms with Crippen LogP contribution in [0.5, 0.6) is 5.75 Å². The molecule has 1 amide bonds. The zero-order valence-corrected chi connectivity index (χ0v) is 11.1. The molecule has 0 heterocycles. The molecule has 0 atom stereocenters. The van der Waals surface area contributed by atoms with E-state index in [-0.39, 0.29) is 12.3 Å². The molecule has 0 fully saturated rings. The van der Waals surface area contributed by atoms with Crippen molar-refractivity contribution in [2.24, 2.45) is 5.73 Å². The number of carbonyl (C=O) groups excluding carboxylic acids is 1. The van der Waals surface area contributed by atoms with E-state index < -0.39 is 17.5 Å². The molecule has 110 valence electrons. The van der Waals surface area contributed by atoms with Crippen molar-refractivity contribution in [3.05, 3.63) is 59.7 Å². The van der Waals surface area contributed by atoms with Gasteiger partial charge in [-0.05, 0) is 29.8 Å². The minimum absolute atomic E-state index is 0.0387. The largest absolute Gasteiger partial charge is 0.484 e. The summed E-state index contributed by atoms with van der Waals surface area (Å²) in [6.07, 6.45) is 0. The number of amides is 1. The molecule has 0 aliphatic heterocycles. The van der Waals surface area contributed by atoms with Crippen LogP contribution in [-0.2, 0) is 11.3 Å². The van der Waals surface area contributed by atoms with Crippen molar-refractivity contribution in [1.82, 2.24) is 0 Å². The second-order valence-electron chi connectivity index (χ2n) is 4.35. The molecule has 0 saturated heterocycles. The summed E-state index contributed by atoms with van der Waals surface area (Å²) in [5.74, 6) is -1.54. The minimum atomic E-state index is -0.762. The number of hydrogen-bond acceptors (Lipinski definition) is 3. The fourth-order valence-electron chi connectivity index (χ4n) is 1.73. The second kappa shape index (κ2) is 6.81. The van der Waals surface area contributed by atoms with Gasteiger partial charge in [-0.25, -0.2) is 8.78 Å². The molecule has 2 aromatic carbocycles. The Morgan fingerprint density at radius 3 is 2.52 bits per heavy atom. The van der Waals surface area contributed by atoms with Gasteiger partial charge >= 0.3 is 0 Å². The first-order valence-corrected chi connectivity index (χ1v) is 6.24. The van der Waals surface area contributed by atoms with Gasteiger partial charge in [0.25, 0.3) is 5.91 Å². The quantitative estimate of drug-likeness (QED) is 0.889. The lowest BCUT2D eigenvalue weighted by Crippen LogP contribution is -2.20. The maximum absolute atomic E-state index is 13.0. The summed E-state index contributed by atoms with van der Waals surface area (Å²) in [6, 6.07) is 9.78. The van der Waals surface area contributed by atoms with E-state index in [0.717, 1.165) is 23.8 Å². The molecule has 6 heteroatoms. The summed E-state index contributed by atoms with van der Waals surface area (Å²) >= 11 is 0. The smallest absolute Gasteiger partial charge is 0.262 e. The van der Waals surface area contributed by atoms with E-state index in [2.05, 4.69) is 5.32 Å². The molecule has 0 radical (unpaired) electrons. The predicted molar refractivity (Wildman–Crippen MR) is 74.8 cm³/mol. The van der Waals surface area contributed by atoms with Gasteiger partial charge < -0.3 is 15.8 Å². The summed E-state index contributed by atoms with van der Waals surface area (Å²) in [5.41, 5.74) is 6.41. The Hall–Kier alpha value is -2.47. The van der Waals surface area contributed by atoms with Gasteiger partial charge in [0.2, 0.25) is 0 Å². The van der Waals surface area contributed by atoms with Crippen LogP contribution in [0, 0.1) is 11.6 Å². The van der Waals surface area contributed by atoms with E-state index in [0.29, 0.717) is 12.3 Å². The van der Waals surface area contributed by atoms with Crippen LogP contribution < -0.4 is 15.8 Å². The molecule has 0 aromatic heterocycles. The van der Waals surface area contributed by atoms with E-state index in [1.165, 1.54) is 0 Å². The first-order valence-electron chi connectivity index (χ1n) is 6.24. The summed E-state index contributed by atoms with van der Waals surface area (Å²) in [4.78, 5) is 11.7. The van der Waals surface area contributed by atoms with Gasteiger partial charge in [-0.1, -0.05) is 12.1 Å². The molecule has 0 aliphatic carbocycles. The van der Waals surface area contributed by atoms with Crippen LogP contribution >= 0.6 is 0 Å². The van der Waals surface area contributed by atoms with Gasteiger partial charge in [-0.15, -0.1) is 0 Å². The van der Waals surface area contributed by atoms with Gasteiger partial charge in [0.1, 0.15) is 17.4 Å². The Balaban J connectivity index is 1.92. The Bertz CT molecular complexity index is 627. The topological polar surface area (TPSA) is 64.3 Å². The molecule has 0 aliphatic rings. The van der Waals surface area contributed by atoms with Gasteiger partial charge in [0.05, 0.1) is 0 Å². The predicted octanol–water partition coefficient (Wildman–Crippen LogP) is 2.44. The third-order valence-electron chi connectivity index (χ3n) is 2.65. The molecule has 0 spiro atoms. The average Bonchev–Trinajstić information content (AvgIpc) is 2.44. The van der Waals surface area contributed by atoms with Gasteiger partial charge in [-0.2, -0.15) is 0 Å². The third kappa shape index (κ3) is 4.54. The van der Waals surface area contributed by atoms with Crippen LogP contribution in [0.4, 0.5) is 14.5 Å². The Morgan fingerprint density at radius 1 is 1.14 bits per heavy atom. The molecule has 21 heavy (non-hydrogen) atoms.